The van der Waals surface area contributed by atoms with Gasteiger partial charge in [0.1, 0.15) is 5.00 Å². The van der Waals surface area contributed by atoms with Gasteiger partial charge in [-0.05, 0) is 57.6 Å². The molecule has 2 aromatic rings. The molecule has 0 aromatic carbocycles. The molecule has 2 heterocycles. The van der Waals surface area contributed by atoms with Crippen molar-refractivity contribution in [2.75, 3.05) is 5.32 Å². The van der Waals surface area contributed by atoms with Crippen molar-refractivity contribution >= 4 is 28.2 Å². The molecule has 1 aliphatic carbocycles. The van der Waals surface area contributed by atoms with E-state index in [2.05, 4.69) is 10.4 Å². The summed E-state index contributed by atoms with van der Waals surface area (Å²) in [5.41, 5.74) is 2.56. The van der Waals surface area contributed by atoms with E-state index in [0.717, 1.165) is 43.4 Å². The second-order valence-corrected chi connectivity index (χ2v) is 8.16. The number of esters is 1. The third kappa shape index (κ3) is 4.77. The van der Waals surface area contributed by atoms with Crippen LogP contribution >= 0.6 is 11.3 Å². The first-order valence-corrected chi connectivity index (χ1v) is 10.4. The highest BCUT2D eigenvalue weighted by Crippen LogP contribution is 2.38. The van der Waals surface area contributed by atoms with Crippen LogP contribution in [0, 0.1) is 6.92 Å². The van der Waals surface area contributed by atoms with E-state index in [4.69, 9.17) is 4.74 Å². The first kappa shape index (κ1) is 19.6. The molecule has 0 radical (unpaired) electrons. The topological polar surface area (TPSA) is 73.2 Å². The smallest absolute Gasteiger partial charge is 0.341 e. The van der Waals surface area contributed by atoms with Crippen LogP contribution in [0.25, 0.3) is 0 Å². The third-order valence-corrected chi connectivity index (χ3v) is 6.06. The molecule has 0 bridgehead atoms. The summed E-state index contributed by atoms with van der Waals surface area (Å²) in [6.45, 7) is 6.31. The van der Waals surface area contributed by atoms with Gasteiger partial charge < -0.3 is 10.1 Å². The predicted octanol–water partition coefficient (Wildman–Crippen LogP) is 4.12. The normalized spacial score (nSPS) is 14.5. The Morgan fingerprint density at radius 3 is 2.85 bits per heavy atom. The van der Waals surface area contributed by atoms with E-state index in [1.807, 2.05) is 33.0 Å². The van der Waals surface area contributed by atoms with Gasteiger partial charge in [-0.1, -0.05) is 6.92 Å². The van der Waals surface area contributed by atoms with Crippen LogP contribution in [-0.4, -0.2) is 27.8 Å². The average molecular weight is 390 g/mol. The summed E-state index contributed by atoms with van der Waals surface area (Å²) in [5, 5.41) is 7.89. The Bertz CT molecular complexity index is 825. The summed E-state index contributed by atoms with van der Waals surface area (Å²) in [7, 11) is 0. The van der Waals surface area contributed by atoms with Crippen molar-refractivity contribution in [2.45, 2.75) is 71.9 Å². The van der Waals surface area contributed by atoms with E-state index < -0.39 is 0 Å². The molecule has 0 fully saturated rings. The van der Waals surface area contributed by atoms with Gasteiger partial charge in [-0.2, -0.15) is 5.10 Å². The zero-order chi connectivity index (χ0) is 19.4. The van der Waals surface area contributed by atoms with Crippen molar-refractivity contribution in [1.82, 2.24) is 9.78 Å². The lowest BCUT2D eigenvalue weighted by Gasteiger charge is -2.15. The van der Waals surface area contributed by atoms with Crippen LogP contribution in [-0.2, 0) is 28.9 Å². The van der Waals surface area contributed by atoms with Crippen molar-refractivity contribution in [3.05, 3.63) is 34.0 Å². The standard InChI is InChI=1S/C20H27N3O3S/c1-4-14(3)26-20(25)18-15-7-5-6-8-16(15)27-19(18)21-17(24)10-12-23-11-9-13(2)22-23/h9,11,14H,4-8,10,12H2,1-3H3,(H,21,24). The van der Waals surface area contributed by atoms with Gasteiger partial charge in [0.25, 0.3) is 0 Å². The number of thiophene rings is 1. The molecule has 0 saturated carbocycles. The fourth-order valence-electron chi connectivity index (χ4n) is 3.19. The van der Waals surface area contributed by atoms with E-state index in [1.165, 1.54) is 16.2 Å². The van der Waals surface area contributed by atoms with Gasteiger partial charge in [0.15, 0.2) is 0 Å². The van der Waals surface area contributed by atoms with Crippen molar-refractivity contribution < 1.29 is 14.3 Å². The summed E-state index contributed by atoms with van der Waals surface area (Å²) >= 11 is 1.52. The Morgan fingerprint density at radius 2 is 2.15 bits per heavy atom. The number of hydrogen-bond donors (Lipinski definition) is 1. The first-order valence-electron chi connectivity index (χ1n) is 9.63. The minimum atomic E-state index is -0.318. The number of aryl methyl sites for hydroxylation is 3. The molecular formula is C20H27N3O3S. The lowest BCUT2D eigenvalue weighted by atomic mass is 9.95. The van der Waals surface area contributed by atoms with E-state index in [9.17, 15) is 9.59 Å². The van der Waals surface area contributed by atoms with E-state index >= 15 is 0 Å². The molecule has 2 aromatic heterocycles. The molecule has 7 heteroatoms. The average Bonchev–Trinajstić information content (AvgIpc) is 3.22. The predicted molar refractivity (Wildman–Crippen MR) is 106 cm³/mol. The van der Waals surface area contributed by atoms with Gasteiger partial charge in [-0.3, -0.25) is 9.48 Å². The van der Waals surface area contributed by atoms with Gasteiger partial charge in [0.2, 0.25) is 5.91 Å². The maximum atomic E-state index is 12.8. The van der Waals surface area contributed by atoms with Gasteiger partial charge in [-0.15, -0.1) is 11.3 Å². The summed E-state index contributed by atoms with van der Waals surface area (Å²) in [6, 6.07) is 1.91. The van der Waals surface area contributed by atoms with Crippen LogP contribution in [0.3, 0.4) is 0 Å². The SMILES string of the molecule is CCC(C)OC(=O)c1c(NC(=O)CCn2ccc(C)n2)sc2c1CCCC2. The number of hydrogen-bond acceptors (Lipinski definition) is 5. The molecule has 0 spiro atoms. The Morgan fingerprint density at radius 1 is 1.37 bits per heavy atom. The van der Waals surface area contributed by atoms with Crippen LogP contribution in [0.15, 0.2) is 12.3 Å². The lowest BCUT2D eigenvalue weighted by molar-refractivity contribution is -0.116. The number of anilines is 1. The van der Waals surface area contributed by atoms with Crippen LogP contribution in [0.1, 0.15) is 66.0 Å². The second-order valence-electron chi connectivity index (χ2n) is 7.06. The number of rotatable bonds is 7. The molecule has 1 N–H and O–H groups in total. The van der Waals surface area contributed by atoms with E-state index in [0.29, 0.717) is 23.5 Å². The number of fused-ring (bicyclic) bond motifs is 1. The van der Waals surface area contributed by atoms with Gasteiger partial charge in [0.05, 0.1) is 17.4 Å². The zero-order valence-electron chi connectivity index (χ0n) is 16.2. The molecule has 146 valence electrons. The summed E-state index contributed by atoms with van der Waals surface area (Å²) in [4.78, 5) is 26.4. The maximum Gasteiger partial charge on any atom is 0.341 e. The highest BCUT2D eigenvalue weighted by Gasteiger charge is 2.28. The maximum absolute atomic E-state index is 12.8. The van der Waals surface area contributed by atoms with Crippen LogP contribution in [0.5, 0.6) is 0 Å². The Balaban J connectivity index is 1.74. The van der Waals surface area contributed by atoms with Crippen molar-refractivity contribution in [3.8, 4) is 0 Å². The van der Waals surface area contributed by atoms with Crippen molar-refractivity contribution in [2.24, 2.45) is 0 Å². The molecular weight excluding hydrogens is 362 g/mol. The number of carbonyl (C=O) groups excluding carboxylic acids is 2. The first-order chi connectivity index (χ1) is 13.0. The lowest BCUT2D eigenvalue weighted by Crippen LogP contribution is -2.19. The zero-order valence-corrected chi connectivity index (χ0v) is 17.0. The molecule has 3 rings (SSSR count). The molecule has 1 unspecified atom stereocenters. The Labute approximate surface area is 163 Å². The van der Waals surface area contributed by atoms with E-state index in [-0.39, 0.29) is 18.0 Å². The molecule has 1 atom stereocenters. The molecule has 6 nitrogen and oxygen atoms in total. The number of nitrogens with one attached hydrogen (secondary N) is 1. The van der Waals surface area contributed by atoms with Crippen LogP contribution in [0.4, 0.5) is 5.00 Å². The van der Waals surface area contributed by atoms with Gasteiger partial charge in [-0.25, -0.2) is 4.79 Å². The fraction of sp³-hybridized carbons (Fsp3) is 0.550. The Kier molecular flexibility index (Phi) is 6.31. The number of carbonyl (C=O) groups is 2. The van der Waals surface area contributed by atoms with Crippen molar-refractivity contribution in [3.63, 3.8) is 0 Å². The van der Waals surface area contributed by atoms with E-state index in [1.54, 1.807) is 4.68 Å². The minimum Gasteiger partial charge on any atom is -0.459 e. The number of aromatic nitrogens is 2. The minimum absolute atomic E-state index is 0.112. The highest BCUT2D eigenvalue weighted by atomic mass is 32.1. The number of nitrogens with zero attached hydrogens (tertiary/aromatic N) is 2. The monoisotopic (exact) mass is 389 g/mol. The highest BCUT2D eigenvalue weighted by molar-refractivity contribution is 7.17. The largest absolute Gasteiger partial charge is 0.459 e. The number of amides is 1. The van der Waals surface area contributed by atoms with Gasteiger partial charge in [0, 0.05) is 24.0 Å². The van der Waals surface area contributed by atoms with Gasteiger partial charge >= 0.3 is 5.97 Å². The third-order valence-electron chi connectivity index (χ3n) is 4.85. The molecule has 0 saturated heterocycles. The molecule has 0 aliphatic heterocycles. The summed E-state index contributed by atoms with van der Waals surface area (Å²) in [6.07, 6.45) is 6.83. The van der Waals surface area contributed by atoms with Crippen LogP contribution < -0.4 is 5.32 Å². The second kappa shape index (κ2) is 8.69. The fourth-order valence-corrected chi connectivity index (χ4v) is 4.48. The quantitative estimate of drug-likeness (QED) is 0.723. The van der Waals surface area contributed by atoms with Crippen LogP contribution in [0.2, 0.25) is 0 Å². The van der Waals surface area contributed by atoms with Crippen molar-refractivity contribution in [1.29, 1.82) is 0 Å². The summed E-state index contributed by atoms with van der Waals surface area (Å²) < 4.78 is 7.32. The molecule has 1 amide bonds. The molecule has 27 heavy (non-hydrogen) atoms. The molecule has 1 aliphatic rings. The summed E-state index contributed by atoms with van der Waals surface area (Å²) in [5.74, 6) is -0.430. The number of ether oxygens (including phenoxy) is 1. The Hall–Kier alpha value is -2.15.